The van der Waals surface area contributed by atoms with E-state index >= 15 is 0 Å². The van der Waals surface area contributed by atoms with E-state index in [1.54, 1.807) is 18.2 Å². The lowest BCUT2D eigenvalue weighted by atomic mass is 10.1. The molecule has 1 aromatic carbocycles. The molecule has 2 rings (SSSR count). The Hall–Kier alpha value is -1.58. The Morgan fingerprint density at radius 1 is 1.30 bits per heavy atom. The van der Waals surface area contributed by atoms with E-state index < -0.39 is 0 Å². The van der Waals surface area contributed by atoms with E-state index in [0.717, 1.165) is 0 Å². The highest BCUT2D eigenvalue weighted by molar-refractivity contribution is 7.08. The highest BCUT2D eigenvalue weighted by atomic mass is 35.5. The molecule has 20 heavy (non-hydrogen) atoms. The smallest absolute Gasteiger partial charge is 0.193 e. The van der Waals surface area contributed by atoms with E-state index in [1.807, 2.05) is 36.7 Å². The van der Waals surface area contributed by atoms with E-state index in [-0.39, 0.29) is 5.78 Å². The molecule has 4 heteroatoms. The molecule has 0 aliphatic rings. The van der Waals surface area contributed by atoms with Gasteiger partial charge in [-0.2, -0.15) is 11.3 Å². The molecule has 0 aliphatic carbocycles. The Morgan fingerprint density at radius 3 is 2.75 bits per heavy atom. The minimum Gasteiger partial charge on any atom is -0.488 e. The highest BCUT2D eigenvalue weighted by Gasteiger charge is 2.12. The van der Waals surface area contributed by atoms with E-state index in [1.165, 1.54) is 16.9 Å². The summed E-state index contributed by atoms with van der Waals surface area (Å²) in [7, 11) is 0. The number of hydrogen-bond acceptors (Lipinski definition) is 3. The van der Waals surface area contributed by atoms with Gasteiger partial charge < -0.3 is 4.74 Å². The van der Waals surface area contributed by atoms with Gasteiger partial charge in [-0.1, -0.05) is 17.2 Å². The number of halogens is 1. The predicted molar refractivity (Wildman–Crippen MR) is 84.1 cm³/mol. The summed E-state index contributed by atoms with van der Waals surface area (Å²) in [4.78, 5) is 12.2. The number of carbonyl (C=O) groups excluding carboxylic acids is 1. The van der Waals surface area contributed by atoms with Crippen LogP contribution >= 0.6 is 22.9 Å². The van der Waals surface area contributed by atoms with Crippen LogP contribution in [0.4, 0.5) is 0 Å². The number of ether oxygens (including phenoxy) is 1. The molecule has 0 aliphatic heterocycles. The monoisotopic (exact) mass is 306 g/mol. The lowest BCUT2D eigenvalue weighted by molar-refractivity contribution is 0.103. The predicted octanol–water partition coefficient (Wildman–Crippen LogP) is 4.98. The van der Waals surface area contributed by atoms with Gasteiger partial charge in [0.2, 0.25) is 0 Å². The standard InChI is InChI=1S/C16H15ClO2S/c1-11(2)5-7-19-15-9-12(3-4-14(15)17)16(18)13-6-8-20-10-13/h3-6,8-10H,7H2,1-2H3. The van der Waals surface area contributed by atoms with E-state index in [4.69, 9.17) is 16.3 Å². The zero-order chi connectivity index (χ0) is 14.5. The molecular formula is C16H15ClO2S. The molecule has 0 saturated heterocycles. The first-order chi connectivity index (χ1) is 9.58. The maximum atomic E-state index is 12.2. The topological polar surface area (TPSA) is 26.3 Å². The van der Waals surface area contributed by atoms with Crippen molar-refractivity contribution in [2.45, 2.75) is 13.8 Å². The van der Waals surface area contributed by atoms with Crippen molar-refractivity contribution in [1.29, 1.82) is 0 Å². The summed E-state index contributed by atoms with van der Waals surface area (Å²) >= 11 is 7.59. The van der Waals surface area contributed by atoms with Gasteiger partial charge in [0.15, 0.2) is 5.78 Å². The van der Waals surface area contributed by atoms with Crippen molar-refractivity contribution in [3.8, 4) is 5.75 Å². The van der Waals surface area contributed by atoms with E-state index in [0.29, 0.717) is 28.5 Å². The molecule has 2 aromatic rings. The number of hydrogen-bond donors (Lipinski definition) is 0. The molecule has 0 fully saturated rings. The molecule has 0 bridgehead atoms. The second-order valence-electron chi connectivity index (χ2n) is 4.58. The third kappa shape index (κ3) is 3.71. The van der Waals surface area contributed by atoms with Crippen LogP contribution in [0, 0.1) is 0 Å². The van der Waals surface area contributed by atoms with Crippen molar-refractivity contribution in [3.63, 3.8) is 0 Å². The largest absolute Gasteiger partial charge is 0.488 e. The first-order valence-corrected chi connectivity index (χ1v) is 7.52. The lowest BCUT2D eigenvalue weighted by Crippen LogP contribution is -2.01. The van der Waals surface area contributed by atoms with Gasteiger partial charge in [0.05, 0.1) is 5.02 Å². The summed E-state index contributed by atoms with van der Waals surface area (Å²) in [5.74, 6) is 0.514. The summed E-state index contributed by atoms with van der Waals surface area (Å²) in [6.45, 7) is 4.45. The molecule has 0 unspecified atom stereocenters. The summed E-state index contributed by atoms with van der Waals surface area (Å²) in [5.41, 5.74) is 2.44. The van der Waals surface area contributed by atoms with E-state index in [9.17, 15) is 4.79 Å². The molecular weight excluding hydrogens is 292 g/mol. The number of thiophene rings is 1. The van der Waals surface area contributed by atoms with Crippen LogP contribution in [0.2, 0.25) is 5.02 Å². The fourth-order valence-corrected chi connectivity index (χ4v) is 2.42. The Kier molecular flexibility index (Phi) is 4.99. The Balaban J connectivity index is 2.20. The fraction of sp³-hybridized carbons (Fsp3) is 0.188. The van der Waals surface area contributed by atoms with Crippen LogP contribution in [0.15, 0.2) is 46.7 Å². The van der Waals surface area contributed by atoms with Crippen molar-refractivity contribution >= 4 is 28.7 Å². The Labute approximate surface area is 127 Å². The van der Waals surface area contributed by atoms with Crippen molar-refractivity contribution in [2.24, 2.45) is 0 Å². The van der Waals surface area contributed by atoms with Crippen LogP contribution in [-0.2, 0) is 0 Å². The van der Waals surface area contributed by atoms with Crippen LogP contribution in [0.5, 0.6) is 5.75 Å². The first kappa shape index (κ1) is 14.8. The second-order valence-corrected chi connectivity index (χ2v) is 5.77. The minimum absolute atomic E-state index is 0.0185. The lowest BCUT2D eigenvalue weighted by Gasteiger charge is -2.08. The van der Waals surface area contributed by atoms with Gasteiger partial charge in [0, 0.05) is 16.5 Å². The molecule has 0 saturated carbocycles. The fourth-order valence-electron chi connectivity index (χ4n) is 1.61. The van der Waals surface area contributed by atoms with Crippen LogP contribution in [-0.4, -0.2) is 12.4 Å². The molecule has 1 heterocycles. The van der Waals surface area contributed by atoms with Crippen molar-refractivity contribution in [3.05, 3.63) is 62.8 Å². The molecule has 0 amide bonds. The van der Waals surface area contributed by atoms with Gasteiger partial charge in [-0.05, 0) is 49.6 Å². The van der Waals surface area contributed by atoms with Crippen molar-refractivity contribution in [2.75, 3.05) is 6.61 Å². The zero-order valence-corrected chi connectivity index (χ0v) is 12.9. The summed E-state index contributed by atoms with van der Waals surface area (Å²) < 4.78 is 5.60. The normalized spacial score (nSPS) is 10.2. The third-order valence-electron chi connectivity index (χ3n) is 2.71. The van der Waals surface area contributed by atoms with Gasteiger partial charge in [0.1, 0.15) is 12.4 Å². The summed E-state index contributed by atoms with van der Waals surface area (Å²) in [5, 5.41) is 4.23. The van der Waals surface area contributed by atoms with Gasteiger partial charge in [-0.15, -0.1) is 0 Å². The zero-order valence-electron chi connectivity index (χ0n) is 11.4. The van der Waals surface area contributed by atoms with Gasteiger partial charge in [-0.3, -0.25) is 4.79 Å². The van der Waals surface area contributed by atoms with Gasteiger partial charge in [-0.25, -0.2) is 0 Å². The molecule has 0 radical (unpaired) electrons. The molecule has 0 spiro atoms. The van der Waals surface area contributed by atoms with Gasteiger partial charge in [0.25, 0.3) is 0 Å². The maximum Gasteiger partial charge on any atom is 0.193 e. The average molecular weight is 307 g/mol. The van der Waals surface area contributed by atoms with Gasteiger partial charge >= 0.3 is 0 Å². The number of allylic oxidation sites excluding steroid dienone is 1. The van der Waals surface area contributed by atoms with Crippen LogP contribution in [0.25, 0.3) is 0 Å². The van der Waals surface area contributed by atoms with Crippen molar-refractivity contribution < 1.29 is 9.53 Å². The number of benzene rings is 1. The number of rotatable bonds is 5. The Bertz CT molecular complexity index is 626. The van der Waals surface area contributed by atoms with Crippen molar-refractivity contribution in [1.82, 2.24) is 0 Å². The molecule has 2 nitrogen and oxygen atoms in total. The third-order valence-corrected chi connectivity index (χ3v) is 3.70. The van der Waals surface area contributed by atoms with Crippen LogP contribution in [0.3, 0.4) is 0 Å². The van der Waals surface area contributed by atoms with Crippen LogP contribution < -0.4 is 4.74 Å². The average Bonchev–Trinajstić information content (AvgIpc) is 2.93. The molecule has 1 aromatic heterocycles. The highest BCUT2D eigenvalue weighted by Crippen LogP contribution is 2.27. The maximum absolute atomic E-state index is 12.2. The number of carbonyl (C=O) groups is 1. The van der Waals surface area contributed by atoms with E-state index in [2.05, 4.69) is 0 Å². The molecule has 104 valence electrons. The Morgan fingerprint density at radius 2 is 2.10 bits per heavy atom. The second kappa shape index (κ2) is 6.73. The molecule has 0 N–H and O–H groups in total. The number of ketones is 1. The first-order valence-electron chi connectivity index (χ1n) is 6.20. The minimum atomic E-state index is -0.0185. The SMILES string of the molecule is CC(C)=CCOc1cc(C(=O)c2ccsc2)ccc1Cl. The quantitative estimate of drug-likeness (QED) is 0.575. The molecule has 0 atom stereocenters. The summed E-state index contributed by atoms with van der Waals surface area (Å²) in [6.07, 6.45) is 1.96. The summed E-state index contributed by atoms with van der Waals surface area (Å²) in [6, 6.07) is 6.92. The van der Waals surface area contributed by atoms with Crippen LogP contribution in [0.1, 0.15) is 29.8 Å².